The molecule has 0 spiro atoms. The summed E-state index contributed by atoms with van der Waals surface area (Å²) in [6.45, 7) is 0.383. The summed E-state index contributed by atoms with van der Waals surface area (Å²) in [7, 11) is 0. The van der Waals surface area contributed by atoms with Gasteiger partial charge in [-0.25, -0.2) is 8.78 Å². The van der Waals surface area contributed by atoms with Crippen molar-refractivity contribution < 1.29 is 14.3 Å². The zero-order valence-electron chi connectivity index (χ0n) is 11.3. The number of fused-ring (bicyclic) bond motifs is 1. The van der Waals surface area contributed by atoms with Gasteiger partial charge in [0.1, 0.15) is 11.6 Å². The van der Waals surface area contributed by atoms with Gasteiger partial charge in [-0.2, -0.15) is 0 Å². The van der Waals surface area contributed by atoms with Crippen molar-refractivity contribution in [1.29, 1.82) is 0 Å². The zero-order valence-corrected chi connectivity index (χ0v) is 12.1. The van der Waals surface area contributed by atoms with E-state index in [4.69, 9.17) is 18.0 Å². The average molecular weight is 313 g/mol. The fourth-order valence-electron chi connectivity index (χ4n) is 2.98. The number of halogens is 2. The summed E-state index contributed by atoms with van der Waals surface area (Å²) in [4.78, 5) is 2.98. The molecule has 21 heavy (non-hydrogen) atoms. The topological polar surface area (TPSA) is 78.2 Å². The molecule has 5 N–H and O–H groups in total. The average Bonchev–Trinajstić information content (AvgIpc) is 2.78. The van der Waals surface area contributed by atoms with Crippen LogP contribution < -0.4 is 5.73 Å². The first-order valence-electron chi connectivity index (χ1n) is 6.55. The number of imidazole rings is 1. The lowest BCUT2D eigenvalue weighted by Crippen LogP contribution is -2.22. The van der Waals surface area contributed by atoms with Gasteiger partial charge >= 0.3 is 0 Å². The van der Waals surface area contributed by atoms with Gasteiger partial charge in [0, 0.05) is 24.8 Å². The Morgan fingerprint density at radius 2 is 2.14 bits per heavy atom. The Morgan fingerprint density at radius 1 is 1.38 bits per heavy atom. The summed E-state index contributed by atoms with van der Waals surface area (Å²) < 4.78 is 29.7. The Labute approximate surface area is 125 Å². The fourth-order valence-corrected chi connectivity index (χ4v) is 3.30. The van der Waals surface area contributed by atoms with Crippen LogP contribution in [0.2, 0.25) is 0 Å². The Balaban J connectivity index is 0.00000161. The Bertz CT molecular complexity index is 711. The Kier molecular flexibility index (Phi) is 4.55. The highest BCUT2D eigenvalue weighted by atomic mass is 32.1. The van der Waals surface area contributed by atoms with E-state index in [2.05, 4.69) is 4.98 Å². The highest BCUT2D eigenvalue weighted by molar-refractivity contribution is 7.71. The van der Waals surface area contributed by atoms with E-state index in [0.29, 0.717) is 29.7 Å². The molecule has 4 nitrogen and oxygen atoms in total. The molecule has 0 unspecified atom stereocenters. The van der Waals surface area contributed by atoms with Crippen LogP contribution in [0.1, 0.15) is 29.3 Å². The smallest absolute Gasteiger partial charge is 0.177 e. The number of nitrogens with two attached hydrogens (primary N) is 1. The van der Waals surface area contributed by atoms with Crippen molar-refractivity contribution in [3.05, 3.63) is 51.6 Å². The minimum absolute atomic E-state index is 0. The molecule has 0 amide bonds. The van der Waals surface area contributed by atoms with Crippen molar-refractivity contribution in [2.45, 2.75) is 31.8 Å². The molecule has 0 fully saturated rings. The van der Waals surface area contributed by atoms with E-state index < -0.39 is 11.6 Å². The second-order valence-corrected chi connectivity index (χ2v) is 5.47. The third kappa shape index (κ3) is 2.76. The van der Waals surface area contributed by atoms with Crippen LogP contribution in [0.25, 0.3) is 0 Å². The number of hydrogen-bond donors (Lipinski definition) is 2. The van der Waals surface area contributed by atoms with E-state index in [1.807, 2.05) is 4.57 Å². The van der Waals surface area contributed by atoms with Gasteiger partial charge in [0.25, 0.3) is 0 Å². The van der Waals surface area contributed by atoms with Gasteiger partial charge in [0.15, 0.2) is 4.77 Å². The minimum atomic E-state index is -0.529. The molecule has 3 rings (SSSR count). The first-order chi connectivity index (χ1) is 9.60. The molecule has 0 saturated heterocycles. The Morgan fingerprint density at radius 3 is 2.86 bits per heavy atom. The number of rotatable bonds is 2. The van der Waals surface area contributed by atoms with E-state index in [1.165, 1.54) is 6.07 Å². The number of hydrogen-bond acceptors (Lipinski definition) is 2. The molecule has 0 radical (unpaired) electrons. The lowest BCUT2D eigenvalue weighted by atomic mass is 9.87. The molecule has 0 aliphatic heterocycles. The highest BCUT2D eigenvalue weighted by Gasteiger charge is 2.24. The Hall–Kier alpha value is -1.57. The lowest BCUT2D eigenvalue weighted by molar-refractivity contribution is 0.416. The van der Waals surface area contributed by atoms with Crippen LogP contribution in [-0.4, -0.2) is 15.0 Å². The molecule has 1 aliphatic rings. The van der Waals surface area contributed by atoms with Crippen molar-refractivity contribution in [3.63, 3.8) is 0 Å². The molecule has 7 heteroatoms. The zero-order chi connectivity index (χ0) is 14.3. The predicted molar refractivity (Wildman–Crippen MR) is 78.5 cm³/mol. The van der Waals surface area contributed by atoms with E-state index in [1.54, 1.807) is 6.20 Å². The van der Waals surface area contributed by atoms with Gasteiger partial charge in [-0.05, 0) is 48.7 Å². The van der Waals surface area contributed by atoms with Gasteiger partial charge in [-0.15, -0.1) is 0 Å². The summed E-state index contributed by atoms with van der Waals surface area (Å²) in [6, 6.07) is 2.47. The second-order valence-electron chi connectivity index (χ2n) is 5.08. The highest BCUT2D eigenvalue weighted by Crippen LogP contribution is 2.32. The first-order valence-corrected chi connectivity index (χ1v) is 6.96. The van der Waals surface area contributed by atoms with Crippen molar-refractivity contribution in [2.75, 3.05) is 0 Å². The summed E-state index contributed by atoms with van der Waals surface area (Å²) in [5.74, 6) is -0.978. The van der Waals surface area contributed by atoms with Crippen LogP contribution in [0.5, 0.6) is 0 Å². The van der Waals surface area contributed by atoms with E-state index >= 15 is 0 Å². The monoisotopic (exact) mass is 313 g/mol. The summed E-state index contributed by atoms with van der Waals surface area (Å²) >= 11 is 5.27. The molecular formula is C14H17F2N3OS. The number of aromatic nitrogens is 2. The van der Waals surface area contributed by atoms with Crippen LogP contribution >= 0.6 is 12.2 Å². The predicted octanol–water partition coefficient (Wildman–Crippen LogP) is 2.19. The summed E-state index contributed by atoms with van der Waals surface area (Å²) in [5.41, 5.74) is 7.97. The SMILES string of the molecule is NCc1c[nH]c(=S)n1[C@H]1CCc2c(F)cc(F)cc2C1.O. The molecule has 114 valence electrons. The molecule has 2 aromatic rings. The van der Waals surface area contributed by atoms with Gasteiger partial charge < -0.3 is 20.8 Å². The summed E-state index contributed by atoms with van der Waals surface area (Å²) in [6.07, 6.45) is 3.73. The molecule has 1 aromatic heterocycles. The summed E-state index contributed by atoms with van der Waals surface area (Å²) in [5, 5.41) is 0. The van der Waals surface area contributed by atoms with Crippen LogP contribution in [0.3, 0.4) is 0 Å². The van der Waals surface area contributed by atoms with Crippen molar-refractivity contribution >= 4 is 12.2 Å². The second kappa shape index (κ2) is 6.05. The van der Waals surface area contributed by atoms with Gasteiger partial charge in [0.05, 0.1) is 5.69 Å². The van der Waals surface area contributed by atoms with Crippen LogP contribution in [-0.2, 0) is 19.4 Å². The first kappa shape index (κ1) is 15.8. The van der Waals surface area contributed by atoms with E-state index in [9.17, 15) is 8.78 Å². The third-order valence-electron chi connectivity index (χ3n) is 3.90. The quantitative estimate of drug-likeness (QED) is 0.834. The third-order valence-corrected chi connectivity index (χ3v) is 4.22. The van der Waals surface area contributed by atoms with Crippen molar-refractivity contribution in [1.82, 2.24) is 9.55 Å². The normalized spacial score (nSPS) is 17.2. The molecule has 1 aliphatic carbocycles. The van der Waals surface area contributed by atoms with Gasteiger partial charge in [-0.1, -0.05) is 0 Å². The number of nitrogens with one attached hydrogen (secondary N) is 1. The molecule has 1 atom stereocenters. The number of nitrogens with zero attached hydrogens (tertiary/aromatic N) is 1. The van der Waals surface area contributed by atoms with Crippen LogP contribution in [0.4, 0.5) is 8.78 Å². The maximum Gasteiger partial charge on any atom is 0.177 e. The molecular weight excluding hydrogens is 296 g/mol. The van der Waals surface area contributed by atoms with Crippen molar-refractivity contribution in [2.24, 2.45) is 5.73 Å². The lowest BCUT2D eigenvalue weighted by Gasteiger charge is -2.27. The van der Waals surface area contributed by atoms with Gasteiger partial charge in [-0.3, -0.25) is 0 Å². The van der Waals surface area contributed by atoms with Gasteiger partial charge in [0.2, 0.25) is 0 Å². The van der Waals surface area contributed by atoms with E-state index in [0.717, 1.165) is 23.7 Å². The van der Waals surface area contributed by atoms with E-state index in [-0.39, 0.29) is 11.5 Å². The molecule has 1 heterocycles. The fraction of sp³-hybridized carbons (Fsp3) is 0.357. The minimum Gasteiger partial charge on any atom is -0.412 e. The number of aromatic amines is 1. The number of H-pyrrole nitrogens is 1. The molecule has 0 bridgehead atoms. The molecule has 1 aromatic carbocycles. The van der Waals surface area contributed by atoms with Crippen molar-refractivity contribution in [3.8, 4) is 0 Å². The maximum atomic E-state index is 13.7. The maximum absolute atomic E-state index is 13.7. The molecule has 0 saturated carbocycles. The standard InChI is InChI=1S/C14H15F2N3S.H2O/c15-9-3-8-4-10(1-2-12(8)13(16)5-9)19-11(6-17)7-18-14(19)20;/h3,5,7,10H,1-2,4,6,17H2,(H,18,20);1H2/t10-;/m0./s1. The number of benzene rings is 1. The van der Waals surface area contributed by atoms with Crippen LogP contribution in [0, 0.1) is 16.4 Å². The largest absolute Gasteiger partial charge is 0.412 e. The van der Waals surface area contributed by atoms with Crippen LogP contribution in [0.15, 0.2) is 18.3 Å².